The van der Waals surface area contributed by atoms with E-state index < -0.39 is 0 Å². The summed E-state index contributed by atoms with van der Waals surface area (Å²) < 4.78 is 0. The Labute approximate surface area is 70.8 Å². The third-order valence-electron chi connectivity index (χ3n) is 1.25. The van der Waals surface area contributed by atoms with E-state index in [4.69, 9.17) is 11.6 Å². The third kappa shape index (κ3) is 1.64. The van der Waals surface area contributed by atoms with Crippen LogP contribution in [0.3, 0.4) is 0 Å². The van der Waals surface area contributed by atoms with Gasteiger partial charge in [0.15, 0.2) is 0 Å². The zero-order chi connectivity index (χ0) is 7.56. The topological polar surface area (TPSA) is 12.9 Å². The van der Waals surface area contributed by atoms with Crippen molar-refractivity contribution in [3.8, 4) is 0 Å². The van der Waals surface area contributed by atoms with E-state index in [9.17, 15) is 0 Å². The Balaban J connectivity index is 3.04. The number of thiol groups is 1. The molecule has 0 spiro atoms. The van der Waals surface area contributed by atoms with Gasteiger partial charge in [0.25, 0.3) is 0 Å². The average Bonchev–Trinajstić information content (AvgIpc) is 1.95. The Hall–Kier alpha value is -0.210. The number of aryl methyl sites for hydroxylation is 1. The molecular formula is C7H8ClNS. The van der Waals surface area contributed by atoms with Gasteiger partial charge in [-0.25, -0.2) is 4.98 Å². The van der Waals surface area contributed by atoms with Gasteiger partial charge in [-0.1, -0.05) is 17.7 Å². The maximum Gasteiger partial charge on any atom is 0.131 e. The Morgan fingerprint density at radius 3 is 2.90 bits per heavy atom. The van der Waals surface area contributed by atoms with Gasteiger partial charge in [0.2, 0.25) is 0 Å². The van der Waals surface area contributed by atoms with Crippen molar-refractivity contribution in [1.29, 1.82) is 0 Å². The first-order valence-corrected chi connectivity index (χ1v) is 3.97. The second-order valence-electron chi connectivity index (χ2n) is 2.11. The molecule has 0 aliphatic rings. The lowest BCUT2D eigenvalue weighted by atomic mass is 10.2. The lowest BCUT2D eigenvalue weighted by Gasteiger charge is -1.98. The second-order valence-corrected chi connectivity index (χ2v) is 2.78. The van der Waals surface area contributed by atoms with Gasteiger partial charge in [-0.2, -0.15) is 12.6 Å². The van der Waals surface area contributed by atoms with Gasteiger partial charge >= 0.3 is 0 Å². The van der Waals surface area contributed by atoms with Gasteiger partial charge in [-0.3, -0.25) is 0 Å². The molecule has 54 valence electrons. The fraction of sp³-hybridized carbons (Fsp3) is 0.286. The molecule has 0 N–H and O–H groups in total. The summed E-state index contributed by atoms with van der Waals surface area (Å²) in [5.41, 5.74) is 2.11. The van der Waals surface area contributed by atoms with Gasteiger partial charge in [-0.15, -0.1) is 0 Å². The van der Waals surface area contributed by atoms with E-state index in [0.29, 0.717) is 10.9 Å². The molecule has 0 amide bonds. The molecule has 0 bridgehead atoms. The van der Waals surface area contributed by atoms with Crippen LogP contribution in [-0.4, -0.2) is 4.98 Å². The molecule has 3 heteroatoms. The number of hydrogen-bond donors (Lipinski definition) is 1. The van der Waals surface area contributed by atoms with E-state index in [1.165, 1.54) is 0 Å². The van der Waals surface area contributed by atoms with Crippen molar-refractivity contribution in [2.45, 2.75) is 12.7 Å². The zero-order valence-electron chi connectivity index (χ0n) is 5.63. The summed E-state index contributed by atoms with van der Waals surface area (Å²) in [5.74, 6) is 0.713. The Bertz CT molecular complexity index is 237. The van der Waals surface area contributed by atoms with Crippen molar-refractivity contribution in [2.24, 2.45) is 0 Å². The molecule has 0 atom stereocenters. The largest absolute Gasteiger partial charge is 0.244 e. The molecule has 10 heavy (non-hydrogen) atoms. The maximum absolute atomic E-state index is 5.70. The minimum atomic E-state index is 0.575. The molecule has 0 fully saturated rings. The van der Waals surface area contributed by atoms with E-state index in [2.05, 4.69) is 17.6 Å². The van der Waals surface area contributed by atoms with Gasteiger partial charge in [0.1, 0.15) is 5.15 Å². The van der Waals surface area contributed by atoms with Gasteiger partial charge in [0.05, 0.1) is 0 Å². The van der Waals surface area contributed by atoms with Crippen molar-refractivity contribution in [3.63, 3.8) is 0 Å². The predicted octanol–water partition coefficient (Wildman–Crippen LogP) is 2.47. The summed E-state index contributed by atoms with van der Waals surface area (Å²) in [6.07, 6.45) is 1.74. The fourth-order valence-corrected chi connectivity index (χ4v) is 0.979. The van der Waals surface area contributed by atoms with Crippen LogP contribution < -0.4 is 0 Å². The summed E-state index contributed by atoms with van der Waals surface area (Å²) in [7, 11) is 0. The van der Waals surface area contributed by atoms with Crippen molar-refractivity contribution in [1.82, 2.24) is 4.98 Å². The molecular weight excluding hydrogens is 166 g/mol. The summed E-state index contributed by atoms with van der Waals surface area (Å²) in [6, 6.07) is 1.99. The first-order chi connectivity index (χ1) is 4.74. The van der Waals surface area contributed by atoms with E-state index in [0.717, 1.165) is 11.1 Å². The number of aromatic nitrogens is 1. The molecule has 0 radical (unpaired) electrons. The van der Waals surface area contributed by atoms with E-state index in [-0.39, 0.29) is 0 Å². The minimum absolute atomic E-state index is 0.575. The highest BCUT2D eigenvalue weighted by Gasteiger charge is 1.95. The molecule has 0 saturated carbocycles. The average molecular weight is 174 g/mol. The molecule has 0 aromatic carbocycles. The lowest BCUT2D eigenvalue weighted by molar-refractivity contribution is 1.21. The highest BCUT2D eigenvalue weighted by atomic mass is 35.5. The zero-order valence-corrected chi connectivity index (χ0v) is 7.28. The number of hydrogen-bond acceptors (Lipinski definition) is 2. The van der Waals surface area contributed by atoms with Crippen molar-refractivity contribution >= 4 is 24.2 Å². The van der Waals surface area contributed by atoms with Crippen LogP contribution in [0.4, 0.5) is 0 Å². The Morgan fingerprint density at radius 2 is 2.40 bits per heavy atom. The number of halogens is 1. The number of nitrogens with zero attached hydrogens (tertiary/aromatic N) is 1. The first kappa shape index (κ1) is 7.89. The monoisotopic (exact) mass is 173 g/mol. The maximum atomic E-state index is 5.70. The Morgan fingerprint density at radius 1 is 1.70 bits per heavy atom. The fourth-order valence-electron chi connectivity index (χ4n) is 0.703. The smallest absolute Gasteiger partial charge is 0.131 e. The highest BCUT2D eigenvalue weighted by Crippen LogP contribution is 2.13. The number of pyridine rings is 1. The summed E-state index contributed by atoms with van der Waals surface area (Å²) >= 11 is 9.81. The first-order valence-electron chi connectivity index (χ1n) is 2.96. The van der Waals surface area contributed by atoms with Crippen molar-refractivity contribution in [2.75, 3.05) is 0 Å². The van der Waals surface area contributed by atoms with Crippen LogP contribution in [0.1, 0.15) is 11.1 Å². The second kappa shape index (κ2) is 3.26. The van der Waals surface area contributed by atoms with Gasteiger partial charge < -0.3 is 0 Å². The van der Waals surface area contributed by atoms with Crippen LogP contribution in [-0.2, 0) is 5.75 Å². The SMILES string of the molecule is Cc1cc(CS)cnc1Cl. The number of rotatable bonds is 1. The summed E-state index contributed by atoms with van der Waals surface area (Å²) in [6.45, 7) is 1.93. The molecule has 1 nitrogen and oxygen atoms in total. The van der Waals surface area contributed by atoms with Crippen LogP contribution in [0.15, 0.2) is 12.3 Å². The molecule has 0 unspecified atom stereocenters. The lowest BCUT2D eigenvalue weighted by Crippen LogP contribution is -1.84. The molecule has 0 saturated heterocycles. The molecule has 1 aromatic rings. The summed E-state index contributed by atoms with van der Waals surface area (Å²) in [4.78, 5) is 3.97. The van der Waals surface area contributed by atoms with Crippen LogP contribution in [0.25, 0.3) is 0 Å². The quantitative estimate of drug-likeness (QED) is 0.509. The summed E-state index contributed by atoms with van der Waals surface area (Å²) in [5, 5.41) is 0.575. The highest BCUT2D eigenvalue weighted by molar-refractivity contribution is 7.79. The van der Waals surface area contributed by atoms with Crippen LogP contribution >= 0.6 is 24.2 Å². The van der Waals surface area contributed by atoms with Crippen LogP contribution in [0.5, 0.6) is 0 Å². The van der Waals surface area contributed by atoms with Gasteiger partial charge in [0, 0.05) is 11.9 Å². The standard InChI is InChI=1S/C7H8ClNS/c1-5-2-6(4-10)3-9-7(5)8/h2-3,10H,4H2,1H3. The molecule has 0 aliphatic carbocycles. The molecule has 0 aliphatic heterocycles. The van der Waals surface area contributed by atoms with Gasteiger partial charge in [-0.05, 0) is 18.1 Å². The van der Waals surface area contributed by atoms with E-state index >= 15 is 0 Å². The predicted molar refractivity (Wildman–Crippen MR) is 46.7 cm³/mol. The van der Waals surface area contributed by atoms with Crippen molar-refractivity contribution < 1.29 is 0 Å². The molecule has 1 aromatic heterocycles. The third-order valence-corrected chi connectivity index (χ3v) is 2.01. The van der Waals surface area contributed by atoms with Crippen LogP contribution in [0.2, 0.25) is 5.15 Å². The minimum Gasteiger partial charge on any atom is -0.244 e. The Kier molecular flexibility index (Phi) is 2.57. The normalized spacial score (nSPS) is 9.90. The molecule has 1 heterocycles. The molecule has 1 rings (SSSR count). The van der Waals surface area contributed by atoms with E-state index in [1.54, 1.807) is 6.20 Å². The van der Waals surface area contributed by atoms with Crippen molar-refractivity contribution in [3.05, 3.63) is 28.5 Å². The van der Waals surface area contributed by atoms with E-state index in [1.807, 2.05) is 13.0 Å². The van der Waals surface area contributed by atoms with Crippen LogP contribution in [0, 0.1) is 6.92 Å².